The van der Waals surface area contributed by atoms with Crippen molar-refractivity contribution in [1.82, 2.24) is 4.72 Å². The number of rotatable bonds is 6. The highest BCUT2D eigenvalue weighted by Crippen LogP contribution is 2.29. The Kier molecular flexibility index (Phi) is 7.10. The van der Waals surface area contributed by atoms with Gasteiger partial charge in [-0.1, -0.05) is 11.9 Å². The van der Waals surface area contributed by atoms with Crippen LogP contribution in [0.2, 0.25) is 0 Å². The third-order valence-electron chi connectivity index (χ3n) is 5.53. The van der Waals surface area contributed by atoms with E-state index in [1.807, 2.05) is 11.9 Å². The summed E-state index contributed by atoms with van der Waals surface area (Å²) >= 11 is 1.88. The number of piperidine rings is 1. The third-order valence-corrected chi connectivity index (χ3v) is 6.59. The second-order valence-electron chi connectivity index (χ2n) is 9.00. The molecule has 1 aliphatic heterocycles. The van der Waals surface area contributed by atoms with Crippen LogP contribution in [-0.2, 0) is 4.79 Å². The van der Waals surface area contributed by atoms with Gasteiger partial charge in [0.2, 0.25) is 0 Å². The molecule has 1 aromatic rings. The summed E-state index contributed by atoms with van der Waals surface area (Å²) in [5, 5.41) is 3.62. The monoisotopic (exact) mass is 389 g/mol. The molecule has 1 saturated carbocycles. The van der Waals surface area contributed by atoms with Crippen LogP contribution in [-0.4, -0.2) is 36.2 Å². The quantitative estimate of drug-likeness (QED) is 0.680. The Hall–Kier alpha value is -1.20. The van der Waals surface area contributed by atoms with Crippen molar-refractivity contribution in [2.24, 2.45) is 5.92 Å². The second kappa shape index (κ2) is 9.33. The third kappa shape index (κ3) is 6.72. The maximum Gasteiger partial charge on any atom is 0.136 e. The predicted molar refractivity (Wildman–Crippen MR) is 118 cm³/mol. The van der Waals surface area contributed by atoms with E-state index in [1.54, 1.807) is 0 Å². The number of carbonyl (C=O) groups excluding carboxylic acids is 1. The fourth-order valence-electron chi connectivity index (χ4n) is 3.81. The van der Waals surface area contributed by atoms with Crippen molar-refractivity contribution in [3.05, 3.63) is 24.3 Å². The minimum Gasteiger partial charge on any atom is -0.385 e. The minimum atomic E-state index is 0.286. The van der Waals surface area contributed by atoms with Gasteiger partial charge in [0.15, 0.2) is 0 Å². The standard InChI is InChI=1S/C22H35N3OS/c1-22(2,3)27-24-19-6-4-17(5-7-19)16-23-18-8-10-20(11-9-18)25-14-12-21(26)13-15-25/h8-11,17,19,23-24H,4-7,12-16H2,1-3H3/t17-,19-. The van der Waals surface area contributed by atoms with Crippen molar-refractivity contribution in [1.29, 1.82) is 0 Å². The first kappa shape index (κ1) is 20.5. The summed E-state index contributed by atoms with van der Waals surface area (Å²) in [7, 11) is 0. The molecule has 27 heavy (non-hydrogen) atoms. The fraction of sp³-hybridized carbons (Fsp3) is 0.682. The molecular formula is C22H35N3OS. The normalized spacial score (nSPS) is 24.1. The number of anilines is 2. The van der Waals surface area contributed by atoms with E-state index >= 15 is 0 Å². The molecule has 1 saturated heterocycles. The molecule has 1 heterocycles. The minimum absolute atomic E-state index is 0.286. The van der Waals surface area contributed by atoms with Crippen LogP contribution in [0.25, 0.3) is 0 Å². The zero-order valence-corrected chi connectivity index (χ0v) is 17.9. The van der Waals surface area contributed by atoms with Crippen molar-refractivity contribution < 1.29 is 4.79 Å². The Morgan fingerprint density at radius 3 is 2.26 bits per heavy atom. The SMILES string of the molecule is CC(C)(C)SN[C@H]1CC[C@H](CNc2ccc(N3CCC(=O)CC3)cc2)CC1. The molecular weight excluding hydrogens is 354 g/mol. The summed E-state index contributed by atoms with van der Waals surface area (Å²) in [5.41, 5.74) is 2.44. The van der Waals surface area contributed by atoms with E-state index in [0.717, 1.165) is 25.6 Å². The van der Waals surface area contributed by atoms with E-state index in [-0.39, 0.29) is 4.75 Å². The van der Waals surface area contributed by atoms with E-state index in [0.29, 0.717) is 24.7 Å². The van der Waals surface area contributed by atoms with Gasteiger partial charge in [-0.05, 0) is 76.6 Å². The number of nitrogens with zero attached hydrogens (tertiary/aromatic N) is 1. The van der Waals surface area contributed by atoms with E-state index in [9.17, 15) is 4.79 Å². The molecule has 2 aliphatic rings. The first-order valence-corrected chi connectivity index (χ1v) is 11.2. The van der Waals surface area contributed by atoms with Crippen LogP contribution >= 0.6 is 11.9 Å². The average Bonchev–Trinajstić information content (AvgIpc) is 2.66. The maximum atomic E-state index is 11.4. The van der Waals surface area contributed by atoms with Crippen molar-refractivity contribution in [2.45, 2.75) is 70.1 Å². The summed E-state index contributed by atoms with van der Waals surface area (Å²) < 4.78 is 3.95. The summed E-state index contributed by atoms with van der Waals surface area (Å²) in [6, 6.07) is 9.39. The molecule has 0 unspecified atom stereocenters. The highest BCUT2D eigenvalue weighted by molar-refractivity contribution is 7.98. The van der Waals surface area contributed by atoms with Crippen LogP contribution in [0.15, 0.2) is 24.3 Å². The highest BCUT2D eigenvalue weighted by Gasteiger charge is 2.23. The maximum absolute atomic E-state index is 11.4. The first-order valence-electron chi connectivity index (χ1n) is 10.4. The zero-order chi connectivity index (χ0) is 19.3. The molecule has 0 amide bonds. The molecule has 1 aromatic carbocycles. The van der Waals surface area contributed by atoms with Crippen LogP contribution in [0.4, 0.5) is 11.4 Å². The Balaban J connectivity index is 1.37. The molecule has 0 radical (unpaired) electrons. The summed E-state index contributed by atoms with van der Waals surface area (Å²) in [4.78, 5) is 13.7. The number of Topliss-reactive ketones (excluding diaryl/α,β-unsaturated/α-hetero) is 1. The van der Waals surface area contributed by atoms with E-state index in [1.165, 1.54) is 37.1 Å². The topological polar surface area (TPSA) is 44.4 Å². The summed E-state index contributed by atoms with van der Waals surface area (Å²) in [6.07, 6.45) is 6.53. The molecule has 0 spiro atoms. The summed E-state index contributed by atoms with van der Waals surface area (Å²) in [6.45, 7) is 9.56. The lowest BCUT2D eigenvalue weighted by molar-refractivity contribution is -0.119. The van der Waals surface area contributed by atoms with Crippen LogP contribution in [0, 0.1) is 5.92 Å². The second-order valence-corrected chi connectivity index (χ2v) is 10.7. The molecule has 3 rings (SSSR count). The van der Waals surface area contributed by atoms with Gasteiger partial charge in [0, 0.05) is 54.6 Å². The molecule has 2 fully saturated rings. The van der Waals surface area contributed by atoms with Crippen molar-refractivity contribution in [3.8, 4) is 0 Å². The van der Waals surface area contributed by atoms with Gasteiger partial charge in [-0.15, -0.1) is 0 Å². The molecule has 0 aromatic heterocycles. The van der Waals surface area contributed by atoms with Gasteiger partial charge in [-0.25, -0.2) is 0 Å². The van der Waals surface area contributed by atoms with Crippen LogP contribution in [0.1, 0.15) is 59.3 Å². The molecule has 5 heteroatoms. The van der Waals surface area contributed by atoms with Gasteiger partial charge >= 0.3 is 0 Å². The van der Waals surface area contributed by atoms with E-state index < -0.39 is 0 Å². The van der Waals surface area contributed by atoms with Crippen molar-refractivity contribution >= 4 is 29.1 Å². The lowest BCUT2D eigenvalue weighted by Crippen LogP contribution is -2.33. The van der Waals surface area contributed by atoms with Gasteiger partial charge in [-0.2, -0.15) is 0 Å². The number of hydrogen-bond acceptors (Lipinski definition) is 5. The Morgan fingerprint density at radius 1 is 1.04 bits per heavy atom. The lowest BCUT2D eigenvalue weighted by Gasteiger charge is -2.31. The number of nitrogens with one attached hydrogen (secondary N) is 2. The van der Waals surface area contributed by atoms with E-state index in [2.05, 4.69) is 60.0 Å². The Labute approximate surface area is 169 Å². The molecule has 0 bridgehead atoms. The van der Waals surface area contributed by atoms with Gasteiger partial charge in [0.25, 0.3) is 0 Å². The van der Waals surface area contributed by atoms with Crippen molar-refractivity contribution in [2.75, 3.05) is 29.9 Å². The molecule has 4 nitrogen and oxygen atoms in total. The van der Waals surface area contributed by atoms with Gasteiger partial charge in [0.1, 0.15) is 5.78 Å². The zero-order valence-electron chi connectivity index (χ0n) is 17.1. The van der Waals surface area contributed by atoms with Crippen molar-refractivity contribution in [3.63, 3.8) is 0 Å². The number of benzene rings is 1. The molecule has 1 aliphatic carbocycles. The van der Waals surface area contributed by atoms with E-state index in [4.69, 9.17) is 0 Å². The Morgan fingerprint density at radius 2 is 1.67 bits per heavy atom. The summed E-state index contributed by atoms with van der Waals surface area (Å²) in [5.74, 6) is 1.17. The number of carbonyl (C=O) groups is 1. The van der Waals surface area contributed by atoms with Gasteiger partial charge < -0.3 is 10.2 Å². The molecule has 150 valence electrons. The highest BCUT2D eigenvalue weighted by atomic mass is 32.2. The molecule has 0 atom stereocenters. The lowest BCUT2D eigenvalue weighted by atomic mass is 9.86. The van der Waals surface area contributed by atoms with Crippen LogP contribution < -0.4 is 14.9 Å². The fourth-order valence-corrected chi connectivity index (χ4v) is 4.57. The average molecular weight is 390 g/mol. The van der Waals surface area contributed by atoms with Gasteiger partial charge in [0.05, 0.1) is 0 Å². The smallest absolute Gasteiger partial charge is 0.136 e. The number of hydrogen-bond donors (Lipinski definition) is 2. The first-order chi connectivity index (χ1) is 12.9. The molecule has 2 N–H and O–H groups in total. The Bertz CT molecular complexity index is 593. The van der Waals surface area contributed by atoms with Crippen LogP contribution in [0.5, 0.6) is 0 Å². The van der Waals surface area contributed by atoms with Gasteiger partial charge in [-0.3, -0.25) is 9.52 Å². The largest absolute Gasteiger partial charge is 0.385 e. The van der Waals surface area contributed by atoms with Crippen LogP contribution in [0.3, 0.4) is 0 Å². The predicted octanol–water partition coefficient (Wildman–Crippen LogP) is 4.86. The number of ketones is 1.